The van der Waals surface area contributed by atoms with Crippen LogP contribution in [0.15, 0.2) is 24.3 Å². The predicted octanol–water partition coefficient (Wildman–Crippen LogP) is 1.93. The minimum absolute atomic E-state index is 0.00313. The maximum atomic E-state index is 11.6. The van der Waals surface area contributed by atoms with E-state index in [1.54, 1.807) is 31.2 Å². The molecular formula is C14H20N2O3. The molecular weight excluding hydrogens is 244 g/mol. The maximum Gasteiger partial charge on any atom is 0.338 e. The zero-order valence-electron chi connectivity index (χ0n) is 11.3. The highest BCUT2D eigenvalue weighted by Crippen LogP contribution is 2.12. The SMILES string of the molecule is CCOC(=O)c1cccc(NC(=O)CCC(C)N)c1. The van der Waals surface area contributed by atoms with Crippen molar-refractivity contribution in [3.05, 3.63) is 29.8 Å². The largest absolute Gasteiger partial charge is 0.462 e. The molecule has 1 aromatic carbocycles. The van der Waals surface area contributed by atoms with E-state index in [0.29, 0.717) is 30.7 Å². The standard InChI is InChI=1S/C14H20N2O3/c1-3-19-14(18)11-5-4-6-12(9-11)16-13(17)8-7-10(2)15/h4-6,9-10H,3,7-8,15H2,1-2H3,(H,16,17). The van der Waals surface area contributed by atoms with Crippen LogP contribution in [-0.2, 0) is 9.53 Å². The third-order valence-electron chi connectivity index (χ3n) is 2.48. The number of nitrogens with two attached hydrogens (primary N) is 1. The molecule has 0 bridgehead atoms. The molecule has 104 valence electrons. The third-order valence-corrected chi connectivity index (χ3v) is 2.48. The van der Waals surface area contributed by atoms with E-state index < -0.39 is 5.97 Å². The number of nitrogens with one attached hydrogen (secondary N) is 1. The molecule has 1 atom stereocenters. The summed E-state index contributed by atoms with van der Waals surface area (Å²) in [6, 6.07) is 6.67. The average molecular weight is 264 g/mol. The van der Waals surface area contributed by atoms with Crippen molar-refractivity contribution in [2.24, 2.45) is 5.73 Å². The number of ether oxygens (including phenoxy) is 1. The van der Waals surface area contributed by atoms with Crippen LogP contribution >= 0.6 is 0 Å². The zero-order chi connectivity index (χ0) is 14.3. The second-order valence-corrected chi connectivity index (χ2v) is 4.37. The number of rotatable bonds is 6. The molecule has 5 heteroatoms. The number of benzene rings is 1. The van der Waals surface area contributed by atoms with Crippen LogP contribution in [0, 0.1) is 0 Å². The van der Waals surface area contributed by atoms with Gasteiger partial charge in [0.25, 0.3) is 0 Å². The van der Waals surface area contributed by atoms with E-state index in [9.17, 15) is 9.59 Å². The lowest BCUT2D eigenvalue weighted by Gasteiger charge is -2.08. The average Bonchev–Trinajstić information content (AvgIpc) is 2.37. The van der Waals surface area contributed by atoms with E-state index in [1.807, 2.05) is 6.92 Å². The molecule has 0 radical (unpaired) electrons. The lowest BCUT2D eigenvalue weighted by atomic mass is 10.1. The second kappa shape index (κ2) is 7.53. The van der Waals surface area contributed by atoms with Gasteiger partial charge in [0, 0.05) is 18.2 Å². The Kier molecular flexibility index (Phi) is 6.02. The van der Waals surface area contributed by atoms with Crippen LogP contribution in [0.2, 0.25) is 0 Å². The minimum atomic E-state index is -0.394. The fourth-order valence-corrected chi connectivity index (χ4v) is 1.52. The summed E-state index contributed by atoms with van der Waals surface area (Å²) in [4.78, 5) is 23.2. The predicted molar refractivity (Wildman–Crippen MR) is 73.9 cm³/mol. The number of carbonyl (C=O) groups is 2. The first kappa shape index (κ1) is 15.2. The number of esters is 1. The lowest BCUT2D eigenvalue weighted by molar-refractivity contribution is -0.116. The van der Waals surface area contributed by atoms with Crippen LogP contribution in [-0.4, -0.2) is 24.5 Å². The fourth-order valence-electron chi connectivity index (χ4n) is 1.52. The molecule has 0 fully saturated rings. The van der Waals surface area contributed by atoms with Gasteiger partial charge in [-0.3, -0.25) is 4.79 Å². The molecule has 0 saturated heterocycles. The number of hydrogen-bond acceptors (Lipinski definition) is 4. The van der Waals surface area contributed by atoms with Crippen molar-refractivity contribution in [1.82, 2.24) is 0 Å². The van der Waals surface area contributed by atoms with Crippen LogP contribution in [0.5, 0.6) is 0 Å². The van der Waals surface area contributed by atoms with Crippen molar-refractivity contribution < 1.29 is 14.3 Å². The molecule has 3 N–H and O–H groups in total. The Balaban J connectivity index is 2.61. The minimum Gasteiger partial charge on any atom is -0.462 e. The van der Waals surface area contributed by atoms with Crippen molar-refractivity contribution in [3.8, 4) is 0 Å². The van der Waals surface area contributed by atoms with Gasteiger partial charge in [0.05, 0.1) is 12.2 Å². The number of amides is 1. The zero-order valence-corrected chi connectivity index (χ0v) is 11.3. The van der Waals surface area contributed by atoms with Crippen LogP contribution in [0.25, 0.3) is 0 Å². The maximum absolute atomic E-state index is 11.6. The molecule has 0 saturated carbocycles. The number of carbonyl (C=O) groups excluding carboxylic acids is 2. The number of hydrogen-bond donors (Lipinski definition) is 2. The van der Waals surface area contributed by atoms with E-state index in [-0.39, 0.29) is 11.9 Å². The van der Waals surface area contributed by atoms with Crippen molar-refractivity contribution in [1.29, 1.82) is 0 Å². The number of anilines is 1. The molecule has 0 aliphatic rings. The van der Waals surface area contributed by atoms with Crippen LogP contribution < -0.4 is 11.1 Å². The van der Waals surface area contributed by atoms with Crippen molar-refractivity contribution >= 4 is 17.6 Å². The van der Waals surface area contributed by atoms with E-state index in [2.05, 4.69) is 5.32 Å². The highest BCUT2D eigenvalue weighted by atomic mass is 16.5. The second-order valence-electron chi connectivity index (χ2n) is 4.37. The van der Waals surface area contributed by atoms with Crippen molar-refractivity contribution in [3.63, 3.8) is 0 Å². The summed E-state index contributed by atoms with van der Waals surface area (Å²) in [5, 5.41) is 2.73. The molecule has 0 heterocycles. The Bertz CT molecular complexity index is 444. The van der Waals surface area contributed by atoms with Gasteiger partial charge in [-0.2, -0.15) is 0 Å². The summed E-state index contributed by atoms with van der Waals surface area (Å²) < 4.78 is 4.90. The van der Waals surface area contributed by atoms with Crippen molar-refractivity contribution in [2.75, 3.05) is 11.9 Å². The molecule has 1 rings (SSSR count). The molecule has 0 aromatic heterocycles. The Labute approximate surface area is 113 Å². The molecule has 5 nitrogen and oxygen atoms in total. The molecule has 19 heavy (non-hydrogen) atoms. The molecule has 1 aromatic rings. The van der Waals surface area contributed by atoms with E-state index >= 15 is 0 Å². The Morgan fingerprint density at radius 3 is 2.79 bits per heavy atom. The Hall–Kier alpha value is -1.88. The summed E-state index contributed by atoms with van der Waals surface area (Å²) in [6.07, 6.45) is 0.991. The smallest absolute Gasteiger partial charge is 0.338 e. The molecule has 0 aliphatic heterocycles. The van der Waals surface area contributed by atoms with E-state index in [1.165, 1.54) is 0 Å². The van der Waals surface area contributed by atoms with Gasteiger partial charge in [0.2, 0.25) is 5.91 Å². The molecule has 0 spiro atoms. The van der Waals surface area contributed by atoms with Gasteiger partial charge >= 0.3 is 5.97 Å². The monoisotopic (exact) mass is 264 g/mol. The summed E-state index contributed by atoms with van der Waals surface area (Å²) in [6.45, 7) is 3.93. The summed E-state index contributed by atoms with van der Waals surface area (Å²) >= 11 is 0. The quantitative estimate of drug-likeness (QED) is 0.769. The van der Waals surface area contributed by atoms with E-state index in [4.69, 9.17) is 10.5 Å². The summed E-state index contributed by atoms with van der Waals surface area (Å²) in [5.41, 5.74) is 6.60. The molecule has 1 unspecified atom stereocenters. The first-order chi connectivity index (χ1) is 9.02. The van der Waals surface area contributed by atoms with Gasteiger partial charge < -0.3 is 15.8 Å². The van der Waals surface area contributed by atoms with Gasteiger partial charge in [-0.15, -0.1) is 0 Å². The Morgan fingerprint density at radius 2 is 2.16 bits per heavy atom. The van der Waals surface area contributed by atoms with Crippen LogP contribution in [0.3, 0.4) is 0 Å². The van der Waals surface area contributed by atoms with Crippen LogP contribution in [0.4, 0.5) is 5.69 Å². The molecule has 0 aliphatic carbocycles. The first-order valence-electron chi connectivity index (χ1n) is 6.35. The Morgan fingerprint density at radius 1 is 1.42 bits per heavy atom. The van der Waals surface area contributed by atoms with Crippen LogP contribution in [0.1, 0.15) is 37.0 Å². The van der Waals surface area contributed by atoms with Gasteiger partial charge in [-0.25, -0.2) is 4.79 Å². The fraction of sp³-hybridized carbons (Fsp3) is 0.429. The normalized spacial score (nSPS) is 11.7. The highest BCUT2D eigenvalue weighted by Gasteiger charge is 2.08. The van der Waals surface area contributed by atoms with E-state index in [0.717, 1.165) is 0 Å². The topological polar surface area (TPSA) is 81.4 Å². The highest BCUT2D eigenvalue weighted by molar-refractivity contribution is 5.94. The summed E-state index contributed by atoms with van der Waals surface area (Å²) in [5.74, 6) is -0.507. The first-order valence-corrected chi connectivity index (χ1v) is 6.35. The van der Waals surface area contributed by atoms with Gasteiger partial charge in [-0.05, 0) is 38.5 Å². The lowest BCUT2D eigenvalue weighted by Crippen LogP contribution is -2.19. The van der Waals surface area contributed by atoms with Gasteiger partial charge in [0.15, 0.2) is 0 Å². The summed E-state index contributed by atoms with van der Waals surface area (Å²) in [7, 11) is 0. The van der Waals surface area contributed by atoms with Gasteiger partial charge in [-0.1, -0.05) is 6.07 Å². The molecule has 1 amide bonds. The third kappa shape index (κ3) is 5.52. The van der Waals surface area contributed by atoms with Crippen molar-refractivity contribution in [2.45, 2.75) is 32.7 Å². The van der Waals surface area contributed by atoms with Gasteiger partial charge in [0.1, 0.15) is 0 Å².